The third-order valence-electron chi connectivity index (χ3n) is 5.37. The number of ether oxygens (including phenoxy) is 2. The Balaban J connectivity index is 1.56. The Bertz CT molecular complexity index is 1340. The number of amides is 2. The molecule has 0 saturated carbocycles. The summed E-state index contributed by atoms with van der Waals surface area (Å²) < 4.78 is 12.9. The van der Waals surface area contributed by atoms with Crippen molar-refractivity contribution < 1.29 is 23.9 Å². The van der Waals surface area contributed by atoms with Gasteiger partial charge in [-0.3, -0.25) is 9.59 Å². The van der Waals surface area contributed by atoms with Crippen LogP contribution < -0.4 is 15.8 Å². The number of rotatable bonds is 12. The lowest BCUT2D eigenvalue weighted by molar-refractivity contribution is -0.113. The second-order valence-corrected chi connectivity index (χ2v) is 11.1. The molecule has 0 aliphatic heterocycles. The van der Waals surface area contributed by atoms with Crippen LogP contribution in [0.15, 0.2) is 23.4 Å². The van der Waals surface area contributed by atoms with E-state index in [0.29, 0.717) is 28.8 Å². The molecule has 0 bridgehead atoms. The summed E-state index contributed by atoms with van der Waals surface area (Å²) in [4.78, 5) is 37.3. The lowest BCUT2D eigenvalue weighted by atomic mass is 10.1. The van der Waals surface area contributed by atoms with Crippen molar-refractivity contribution in [2.24, 2.45) is 12.8 Å². The fraction of sp³-hybridized carbons (Fsp3) is 0.400. The molecule has 0 fully saturated rings. The van der Waals surface area contributed by atoms with Gasteiger partial charge in [0.1, 0.15) is 16.6 Å². The summed E-state index contributed by atoms with van der Waals surface area (Å²) in [5.74, 6) is -0.102. The Morgan fingerprint density at radius 1 is 1.24 bits per heavy atom. The van der Waals surface area contributed by atoms with E-state index in [1.807, 2.05) is 30.7 Å². The largest absolute Gasteiger partial charge is 0.493 e. The molecule has 2 heterocycles. The molecule has 2 aromatic heterocycles. The van der Waals surface area contributed by atoms with E-state index in [4.69, 9.17) is 26.8 Å². The summed E-state index contributed by atoms with van der Waals surface area (Å²) in [6.07, 6.45) is 1.01. The minimum absolute atomic E-state index is 0.0203. The van der Waals surface area contributed by atoms with Gasteiger partial charge in [-0.1, -0.05) is 23.4 Å². The van der Waals surface area contributed by atoms with Crippen molar-refractivity contribution in [1.29, 1.82) is 0 Å². The second-order valence-electron chi connectivity index (χ2n) is 8.74. The van der Waals surface area contributed by atoms with Crippen LogP contribution in [0.4, 0.5) is 5.00 Å². The van der Waals surface area contributed by atoms with Gasteiger partial charge in [0, 0.05) is 18.5 Å². The minimum Gasteiger partial charge on any atom is -0.493 e. The molecule has 0 saturated heterocycles. The number of carbonyl (C=O) groups is 3. The van der Waals surface area contributed by atoms with Gasteiger partial charge in [0.25, 0.3) is 5.91 Å². The van der Waals surface area contributed by atoms with Crippen LogP contribution in [0.1, 0.15) is 57.2 Å². The molecule has 10 nitrogen and oxygen atoms in total. The number of nitrogens with zero attached hydrogens (tertiary/aromatic N) is 3. The highest BCUT2D eigenvalue weighted by Crippen LogP contribution is 2.34. The normalized spacial score (nSPS) is 11.0. The van der Waals surface area contributed by atoms with Gasteiger partial charge in [-0.2, -0.15) is 0 Å². The third-order valence-corrected chi connectivity index (χ3v) is 7.84. The summed E-state index contributed by atoms with van der Waals surface area (Å²) >= 11 is 8.14. The van der Waals surface area contributed by atoms with E-state index >= 15 is 0 Å². The molecule has 0 atom stereocenters. The molecule has 3 N–H and O–H groups in total. The Kier molecular flexibility index (Phi) is 10.2. The van der Waals surface area contributed by atoms with E-state index in [-0.39, 0.29) is 33.2 Å². The SMILES string of the molecule is Cc1cc(Cl)ccc1OCCCc1nnc(SCC(=O)Nc2sc(C(N)=O)c(C)c2C(=O)OC(C)C)n1C. The Labute approximate surface area is 234 Å². The molecular formula is C25H30ClN5O5S2. The fourth-order valence-electron chi connectivity index (χ4n) is 3.52. The van der Waals surface area contributed by atoms with E-state index in [2.05, 4.69) is 15.5 Å². The number of aromatic nitrogens is 3. The van der Waals surface area contributed by atoms with E-state index in [1.165, 1.54) is 11.8 Å². The predicted octanol–water partition coefficient (Wildman–Crippen LogP) is 4.55. The van der Waals surface area contributed by atoms with E-state index in [0.717, 1.165) is 34.9 Å². The molecule has 0 spiro atoms. The Morgan fingerprint density at radius 2 is 1.97 bits per heavy atom. The molecule has 2 amide bonds. The highest BCUT2D eigenvalue weighted by Gasteiger charge is 2.26. The van der Waals surface area contributed by atoms with Crippen LogP contribution in [0.5, 0.6) is 5.75 Å². The first kappa shape index (κ1) is 29.5. The van der Waals surface area contributed by atoms with Gasteiger partial charge in [-0.05, 0) is 63.4 Å². The number of benzene rings is 1. The highest BCUT2D eigenvalue weighted by molar-refractivity contribution is 7.99. The second kappa shape index (κ2) is 13.1. The Hall–Kier alpha value is -3.09. The molecular weight excluding hydrogens is 550 g/mol. The predicted molar refractivity (Wildman–Crippen MR) is 148 cm³/mol. The summed E-state index contributed by atoms with van der Waals surface area (Å²) in [6, 6.07) is 5.50. The number of halogens is 1. The maximum absolute atomic E-state index is 12.7. The van der Waals surface area contributed by atoms with Crippen molar-refractivity contribution in [3.63, 3.8) is 0 Å². The first-order valence-electron chi connectivity index (χ1n) is 11.8. The summed E-state index contributed by atoms with van der Waals surface area (Å²) in [6.45, 7) is 7.48. The van der Waals surface area contributed by atoms with Crippen LogP contribution >= 0.6 is 34.7 Å². The number of anilines is 1. The highest BCUT2D eigenvalue weighted by atomic mass is 35.5. The van der Waals surface area contributed by atoms with Crippen LogP contribution in [0.25, 0.3) is 0 Å². The van der Waals surface area contributed by atoms with Crippen molar-refractivity contribution in [2.75, 3.05) is 17.7 Å². The van der Waals surface area contributed by atoms with Crippen molar-refractivity contribution in [3.8, 4) is 5.75 Å². The number of hydrogen-bond donors (Lipinski definition) is 2. The molecule has 1 aromatic carbocycles. The van der Waals surface area contributed by atoms with E-state index < -0.39 is 11.9 Å². The Morgan fingerprint density at radius 3 is 2.63 bits per heavy atom. The molecule has 3 aromatic rings. The quantitative estimate of drug-likeness (QED) is 0.181. The van der Waals surface area contributed by atoms with E-state index in [9.17, 15) is 14.4 Å². The molecule has 0 radical (unpaired) electrons. The van der Waals surface area contributed by atoms with Crippen molar-refractivity contribution >= 4 is 57.5 Å². The van der Waals surface area contributed by atoms with Gasteiger partial charge >= 0.3 is 5.97 Å². The summed E-state index contributed by atoms with van der Waals surface area (Å²) in [5, 5.41) is 12.6. The first-order valence-corrected chi connectivity index (χ1v) is 14.0. The monoisotopic (exact) mass is 579 g/mol. The van der Waals surface area contributed by atoms with Gasteiger partial charge in [0.15, 0.2) is 5.16 Å². The van der Waals surface area contributed by atoms with Gasteiger partial charge in [0.05, 0.1) is 28.9 Å². The van der Waals surface area contributed by atoms with Crippen molar-refractivity contribution in [3.05, 3.63) is 50.6 Å². The van der Waals surface area contributed by atoms with Crippen LogP contribution in [0.3, 0.4) is 0 Å². The number of nitrogens with two attached hydrogens (primary N) is 1. The number of nitrogens with one attached hydrogen (secondary N) is 1. The maximum atomic E-state index is 12.7. The van der Waals surface area contributed by atoms with Gasteiger partial charge < -0.3 is 25.1 Å². The van der Waals surface area contributed by atoms with E-state index in [1.54, 1.807) is 26.8 Å². The molecule has 0 aliphatic rings. The van der Waals surface area contributed by atoms with Crippen molar-refractivity contribution in [2.45, 2.75) is 51.8 Å². The zero-order valence-corrected chi connectivity index (χ0v) is 24.2. The zero-order valence-electron chi connectivity index (χ0n) is 21.8. The molecule has 3 rings (SSSR count). The van der Waals surface area contributed by atoms with Gasteiger partial charge in [0.2, 0.25) is 5.91 Å². The number of primary amides is 1. The van der Waals surface area contributed by atoms with Gasteiger partial charge in [-0.15, -0.1) is 21.5 Å². The van der Waals surface area contributed by atoms with Crippen LogP contribution in [-0.4, -0.2) is 51.0 Å². The lowest BCUT2D eigenvalue weighted by Gasteiger charge is -2.10. The zero-order chi connectivity index (χ0) is 28.0. The fourth-order valence-corrected chi connectivity index (χ4v) is 5.54. The van der Waals surface area contributed by atoms with Crippen LogP contribution in [0, 0.1) is 13.8 Å². The first-order chi connectivity index (χ1) is 18.0. The van der Waals surface area contributed by atoms with Crippen molar-refractivity contribution in [1.82, 2.24) is 14.8 Å². The molecule has 0 aliphatic carbocycles. The molecule has 38 heavy (non-hydrogen) atoms. The number of carbonyl (C=O) groups excluding carboxylic acids is 3. The van der Waals surface area contributed by atoms with Gasteiger partial charge in [-0.25, -0.2) is 4.79 Å². The number of aryl methyl sites for hydroxylation is 2. The standard InChI is InChI=1S/C25H30ClN5O5S2/c1-13(2)36-24(34)20-15(4)21(22(27)33)38-23(20)28-19(32)12-37-25-30-29-18(31(25)5)7-6-10-35-17-9-8-16(26)11-14(17)3/h8-9,11,13H,6-7,10,12H2,1-5H3,(H2,27,33)(H,28,32). The maximum Gasteiger partial charge on any atom is 0.341 e. The minimum atomic E-state index is -0.679. The van der Waals surface area contributed by atoms with Crippen LogP contribution in [-0.2, 0) is 23.0 Å². The molecule has 204 valence electrons. The number of hydrogen-bond acceptors (Lipinski definition) is 9. The molecule has 13 heteroatoms. The number of thiophene rings is 1. The number of thioether (sulfide) groups is 1. The smallest absolute Gasteiger partial charge is 0.341 e. The third kappa shape index (κ3) is 7.49. The molecule has 0 unspecified atom stereocenters. The average Bonchev–Trinajstić information content (AvgIpc) is 3.35. The van der Waals surface area contributed by atoms with Crippen LogP contribution in [0.2, 0.25) is 5.02 Å². The number of esters is 1. The summed E-state index contributed by atoms with van der Waals surface area (Å²) in [7, 11) is 1.83. The average molecular weight is 580 g/mol. The summed E-state index contributed by atoms with van der Waals surface area (Å²) in [5.41, 5.74) is 6.92. The topological polar surface area (TPSA) is 138 Å². The lowest BCUT2D eigenvalue weighted by Crippen LogP contribution is -2.18.